The molecular weight excluding hydrogens is 522 g/mol. The Kier molecular flexibility index (Phi) is 10.4. The van der Waals surface area contributed by atoms with Crippen molar-refractivity contribution in [3.05, 3.63) is 58.1 Å². The second kappa shape index (κ2) is 12.7. The van der Waals surface area contributed by atoms with Gasteiger partial charge in [0.2, 0.25) is 5.91 Å². The van der Waals surface area contributed by atoms with Gasteiger partial charge in [-0.25, -0.2) is 4.79 Å². The van der Waals surface area contributed by atoms with Gasteiger partial charge in [-0.1, -0.05) is 48.9 Å². The molecule has 4 N–H and O–H groups in total. The predicted molar refractivity (Wildman–Crippen MR) is 152 cm³/mol. The Hall–Kier alpha value is -3.30. The minimum absolute atomic E-state index is 0.154. The number of aromatic hydroxyl groups is 1. The van der Waals surface area contributed by atoms with E-state index in [9.17, 15) is 24.6 Å². The maximum absolute atomic E-state index is 14.1. The van der Waals surface area contributed by atoms with Gasteiger partial charge in [-0.3, -0.25) is 9.59 Å². The molecule has 39 heavy (non-hydrogen) atoms. The topological polar surface area (TPSA) is 128 Å². The molecule has 214 valence electrons. The summed E-state index contributed by atoms with van der Waals surface area (Å²) in [6, 6.07) is 7.32. The minimum atomic E-state index is -1.42. The summed E-state index contributed by atoms with van der Waals surface area (Å²) in [5, 5.41) is 26.8. The Morgan fingerprint density at radius 3 is 2.15 bits per heavy atom. The SMILES string of the molecule is CCC(C)(C)N(C(=O)C(CO)NC(=O)OC(C)(C)C)C(C(=O)Nc1c(C)cccc1Cl)c1cccc(C)c1O. The number of carbonyl (C=O) groups excluding carboxylic acids is 3. The molecule has 2 rings (SSSR count). The first-order valence-electron chi connectivity index (χ1n) is 12.8. The summed E-state index contributed by atoms with van der Waals surface area (Å²) in [6.07, 6.45) is -0.486. The number of aryl methyl sites for hydroxylation is 2. The minimum Gasteiger partial charge on any atom is -0.507 e. The Bertz CT molecular complexity index is 1190. The van der Waals surface area contributed by atoms with Crippen molar-refractivity contribution >= 4 is 35.2 Å². The lowest BCUT2D eigenvalue weighted by Crippen LogP contribution is -2.59. The van der Waals surface area contributed by atoms with Crippen molar-refractivity contribution < 1.29 is 29.3 Å². The van der Waals surface area contributed by atoms with Crippen molar-refractivity contribution in [2.75, 3.05) is 11.9 Å². The van der Waals surface area contributed by atoms with Gasteiger partial charge in [0.1, 0.15) is 23.4 Å². The van der Waals surface area contributed by atoms with E-state index in [4.69, 9.17) is 16.3 Å². The zero-order chi connectivity index (χ0) is 29.7. The molecule has 2 aromatic carbocycles. The van der Waals surface area contributed by atoms with Crippen LogP contribution in [0.15, 0.2) is 36.4 Å². The van der Waals surface area contributed by atoms with Crippen molar-refractivity contribution in [1.82, 2.24) is 10.2 Å². The first-order valence-corrected chi connectivity index (χ1v) is 13.2. The number of carbonyl (C=O) groups is 3. The molecule has 0 fully saturated rings. The van der Waals surface area contributed by atoms with E-state index in [2.05, 4.69) is 10.6 Å². The predicted octanol–water partition coefficient (Wildman–Crippen LogP) is 5.25. The van der Waals surface area contributed by atoms with Crippen LogP contribution in [0.5, 0.6) is 5.75 Å². The zero-order valence-electron chi connectivity index (χ0n) is 23.9. The van der Waals surface area contributed by atoms with Crippen molar-refractivity contribution in [3.8, 4) is 5.75 Å². The highest BCUT2D eigenvalue weighted by molar-refractivity contribution is 6.34. The number of nitrogens with zero attached hydrogens (tertiary/aromatic N) is 1. The summed E-state index contributed by atoms with van der Waals surface area (Å²) in [5.74, 6) is -1.51. The summed E-state index contributed by atoms with van der Waals surface area (Å²) in [5.41, 5.74) is -0.0389. The molecule has 0 saturated heterocycles. The van der Waals surface area contributed by atoms with Crippen molar-refractivity contribution in [2.45, 2.75) is 85.0 Å². The molecule has 0 saturated carbocycles. The Morgan fingerprint density at radius 2 is 1.62 bits per heavy atom. The highest BCUT2D eigenvalue weighted by Crippen LogP contribution is 2.38. The van der Waals surface area contributed by atoms with Crippen LogP contribution in [-0.2, 0) is 14.3 Å². The number of alkyl carbamates (subject to hydrolysis) is 1. The van der Waals surface area contributed by atoms with Gasteiger partial charge >= 0.3 is 6.09 Å². The maximum Gasteiger partial charge on any atom is 0.408 e. The molecule has 2 atom stereocenters. The number of phenolic OH excluding ortho intramolecular Hbond substituents is 1. The number of aliphatic hydroxyl groups is 1. The quantitative estimate of drug-likeness (QED) is 0.331. The van der Waals surface area contributed by atoms with Crippen LogP contribution in [0.2, 0.25) is 5.02 Å². The molecule has 2 aromatic rings. The molecular formula is C29H40ClN3O6. The van der Waals surface area contributed by atoms with Gasteiger partial charge in [0.15, 0.2) is 0 Å². The lowest BCUT2D eigenvalue weighted by Gasteiger charge is -2.44. The molecule has 0 heterocycles. The van der Waals surface area contributed by atoms with E-state index >= 15 is 0 Å². The molecule has 0 aliphatic carbocycles. The van der Waals surface area contributed by atoms with Crippen molar-refractivity contribution in [3.63, 3.8) is 0 Å². The van der Waals surface area contributed by atoms with Crippen LogP contribution < -0.4 is 10.6 Å². The fraction of sp³-hybridized carbons (Fsp3) is 0.483. The van der Waals surface area contributed by atoms with E-state index in [0.29, 0.717) is 28.3 Å². The van der Waals surface area contributed by atoms with Crippen LogP contribution in [0, 0.1) is 13.8 Å². The molecule has 10 heteroatoms. The van der Waals surface area contributed by atoms with E-state index in [-0.39, 0.29) is 11.3 Å². The van der Waals surface area contributed by atoms with Crippen LogP contribution in [0.4, 0.5) is 10.5 Å². The maximum atomic E-state index is 14.1. The number of anilines is 1. The van der Waals surface area contributed by atoms with E-state index in [1.165, 1.54) is 4.90 Å². The molecule has 0 aliphatic rings. The van der Waals surface area contributed by atoms with Gasteiger partial charge in [-0.05, 0) is 72.1 Å². The highest BCUT2D eigenvalue weighted by Gasteiger charge is 2.44. The van der Waals surface area contributed by atoms with Gasteiger partial charge in [0.25, 0.3) is 5.91 Å². The number of aliphatic hydroxyl groups excluding tert-OH is 1. The number of para-hydroxylation sites is 2. The van der Waals surface area contributed by atoms with Gasteiger partial charge < -0.3 is 30.5 Å². The Balaban J connectivity index is 2.69. The Morgan fingerprint density at radius 1 is 1.03 bits per heavy atom. The smallest absolute Gasteiger partial charge is 0.408 e. The number of phenols is 1. The molecule has 9 nitrogen and oxygen atoms in total. The van der Waals surface area contributed by atoms with E-state index < -0.39 is 47.7 Å². The third kappa shape index (κ3) is 7.86. The van der Waals surface area contributed by atoms with Gasteiger partial charge in [-0.2, -0.15) is 0 Å². The molecule has 0 radical (unpaired) electrons. The van der Waals surface area contributed by atoms with Crippen molar-refractivity contribution in [1.29, 1.82) is 0 Å². The van der Waals surface area contributed by atoms with E-state index in [1.54, 1.807) is 84.9 Å². The molecule has 0 spiro atoms. The molecule has 3 amide bonds. The number of nitrogens with one attached hydrogen (secondary N) is 2. The summed E-state index contributed by atoms with van der Waals surface area (Å²) < 4.78 is 5.28. The summed E-state index contributed by atoms with van der Waals surface area (Å²) in [6.45, 7) is 13.1. The largest absolute Gasteiger partial charge is 0.507 e. The van der Waals surface area contributed by atoms with Gasteiger partial charge in [0.05, 0.1) is 17.3 Å². The first kappa shape index (κ1) is 31.9. The number of rotatable bonds is 9. The fourth-order valence-electron chi connectivity index (χ4n) is 4.03. The number of hydrogen-bond donors (Lipinski definition) is 4. The second-order valence-corrected chi connectivity index (χ2v) is 11.5. The first-order chi connectivity index (χ1) is 18.0. The molecule has 0 aromatic heterocycles. The lowest BCUT2D eigenvalue weighted by molar-refractivity contribution is -0.148. The van der Waals surface area contributed by atoms with Crippen LogP contribution in [0.3, 0.4) is 0 Å². The molecule has 2 unspecified atom stereocenters. The van der Waals surface area contributed by atoms with Crippen LogP contribution >= 0.6 is 11.6 Å². The van der Waals surface area contributed by atoms with Crippen LogP contribution in [0.25, 0.3) is 0 Å². The monoisotopic (exact) mass is 561 g/mol. The fourth-order valence-corrected chi connectivity index (χ4v) is 4.30. The Labute approximate surface area is 235 Å². The summed E-state index contributed by atoms with van der Waals surface area (Å²) in [7, 11) is 0. The van der Waals surface area contributed by atoms with Crippen LogP contribution in [0.1, 0.15) is 70.7 Å². The van der Waals surface area contributed by atoms with E-state index in [1.807, 2.05) is 6.92 Å². The number of hydrogen-bond acceptors (Lipinski definition) is 6. The summed E-state index contributed by atoms with van der Waals surface area (Å²) >= 11 is 6.38. The van der Waals surface area contributed by atoms with Crippen molar-refractivity contribution in [2.24, 2.45) is 0 Å². The number of benzene rings is 2. The average molecular weight is 562 g/mol. The number of ether oxygens (including phenoxy) is 1. The van der Waals surface area contributed by atoms with Gasteiger partial charge in [-0.15, -0.1) is 0 Å². The van der Waals surface area contributed by atoms with Crippen LogP contribution in [-0.4, -0.2) is 56.8 Å². The number of amides is 3. The average Bonchev–Trinajstić information content (AvgIpc) is 2.83. The standard InChI is InChI=1S/C29H40ClN3O6/c1-9-29(7,8)33(26(37)21(16-34)31-27(38)39-28(4,5)6)23(19-14-10-13-18(3)24(19)35)25(36)32-22-17(2)12-11-15-20(22)30/h10-15,21,23,34-35H,9,16H2,1-8H3,(H,31,38)(H,32,36). The third-order valence-electron chi connectivity index (χ3n) is 6.47. The van der Waals surface area contributed by atoms with E-state index in [0.717, 1.165) is 0 Å². The zero-order valence-corrected chi connectivity index (χ0v) is 24.6. The highest BCUT2D eigenvalue weighted by atomic mass is 35.5. The third-order valence-corrected chi connectivity index (χ3v) is 6.78. The normalized spacial score (nSPS) is 13.3. The lowest BCUT2D eigenvalue weighted by atomic mass is 9.91. The molecule has 0 aliphatic heterocycles. The second-order valence-electron chi connectivity index (χ2n) is 11.1. The summed E-state index contributed by atoms with van der Waals surface area (Å²) in [4.78, 5) is 42.0. The van der Waals surface area contributed by atoms with Gasteiger partial charge in [0, 0.05) is 11.1 Å². The number of halogens is 1. The molecule has 0 bridgehead atoms.